The zero-order valence-corrected chi connectivity index (χ0v) is 18.2. The average Bonchev–Trinajstić information content (AvgIpc) is 2.94. The third-order valence-corrected chi connectivity index (χ3v) is 6.01. The lowest BCUT2D eigenvalue weighted by Crippen LogP contribution is -2.42. The number of carbonyl (C=O) groups is 1. The van der Waals surface area contributed by atoms with Gasteiger partial charge in [-0.25, -0.2) is 0 Å². The highest BCUT2D eigenvalue weighted by molar-refractivity contribution is 6.34. The number of amides is 1. The van der Waals surface area contributed by atoms with Crippen LogP contribution in [0.2, 0.25) is 5.02 Å². The smallest absolute Gasteiger partial charge is 0.252 e. The van der Waals surface area contributed by atoms with Crippen LogP contribution in [0.3, 0.4) is 0 Å². The Morgan fingerprint density at radius 1 is 1.30 bits per heavy atom. The van der Waals surface area contributed by atoms with Crippen LogP contribution in [-0.4, -0.2) is 50.7 Å². The van der Waals surface area contributed by atoms with Gasteiger partial charge in [-0.2, -0.15) is 5.10 Å². The van der Waals surface area contributed by atoms with Gasteiger partial charge in [-0.3, -0.25) is 9.48 Å². The molecule has 1 aliphatic carbocycles. The molecular formula is C22H31ClN4O3. The Morgan fingerprint density at radius 3 is 2.67 bits per heavy atom. The van der Waals surface area contributed by atoms with Crippen molar-refractivity contribution in [2.75, 3.05) is 13.1 Å². The van der Waals surface area contributed by atoms with Crippen LogP contribution < -0.4 is 11.1 Å². The minimum absolute atomic E-state index is 0.134. The Morgan fingerprint density at radius 2 is 2.00 bits per heavy atom. The van der Waals surface area contributed by atoms with E-state index in [0.717, 1.165) is 42.6 Å². The molecule has 1 aromatic heterocycles. The first-order valence-corrected chi connectivity index (χ1v) is 10.9. The van der Waals surface area contributed by atoms with Crippen molar-refractivity contribution in [2.45, 2.75) is 63.7 Å². The molecule has 1 heterocycles. The minimum atomic E-state index is -0.857. The third-order valence-electron chi connectivity index (χ3n) is 5.68. The van der Waals surface area contributed by atoms with Gasteiger partial charge in [0.05, 0.1) is 40.2 Å². The molecular weight excluding hydrogens is 404 g/mol. The molecule has 8 heteroatoms. The monoisotopic (exact) mass is 434 g/mol. The van der Waals surface area contributed by atoms with Crippen molar-refractivity contribution < 1.29 is 15.0 Å². The number of nitrogens with two attached hydrogens (primary N) is 1. The molecule has 0 saturated heterocycles. The maximum atomic E-state index is 12.8. The summed E-state index contributed by atoms with van der Waals surface area (Å²) in [5.41, 5.74) is 7.35. The number of nitrogens with zero attached hydrogens (tertiary/aromatic N) is 2. The summed E-state index contributed by atoms with van der Waals surface area (Å²) in [5, 5.41) is 28.4. The summed E-state index contributed by atoms with van der Waals surface area (Å²) in [6.45, 7) is 2.48. The predicted octanol–water partition coefficient (Wildman–Crippen LogP) is 2.65. The molecule has 1 fully saturated rings. The molecule has 1 unspecified atom stereocenters. The topological polar surface area (TPSA) is 113 Å². The highest BCUT2D eigenvalue weighted by Gasteiger charge is 2.29. The van der Waals surface area contributed by atoms with E-state index in [4.69, 9.17) is 17.3 Å². The summed E-state index contributed by atoms with van der Waals surface area (Å²) in [6.07, 6.45) is 4.87. The molecule has 7 nitrogen and oxygen atoms in total. The van der Waals surface area contributed by atoms with Gasteiger partial charge in [0, 0.05) is 18.7 Å². The Balaban J connectivity index is 1.79. The van der Waals surface area contributed by atoms with E-state index in [1.807, 2.05) is 19.1 Å². The number of aliphatic hydroxyl groups excluding tert-OH is 1. The molecule has 1 aliphatic rings. The molecule has 0 aliphatic heterocycles. The van der Waals surface area contributed by atoms with Crippen molar-refractivity contribution >= 4 is 17.5 Å². The van der Waals surface area contributed by atoms with E-state index in [1.165, 1.54) is 0 Å². The number of benzene rings is 1. The number of hydrogen-bond acceptors (Lipinski definition) is 5. The first-order chi connectivity index (χ1) is 14.3. The standard InChI is InChI=1S/C22H31ClN4O3/c1-15-10-20(27(26-15)13-17(28)12-24)16-6-7-19(23)18(11-16)21(29)25-14-22(30)8-4-2-3-5-9-22/h6-7,10-11,17,28,30H,2-5,8-9,12-14,24H2,1H3,(H,25,29). The third kappa shape index (κ3) is 5.60. The van der Waals surface area contributed by atoms with Gasteiger partial charge in [0.1, 0.15) is 0 Å². The van der Waals surface area contributed by atoms with Crippen LogP contribution in [0.1, 0.15) is 54.6 Å². The second-order valence-corrected chi connectivity index (χ2v) is 8.67. The van der Waals surface area contributed by atoms with Crippen LogP contribution in [0.5, 0.6) is 0 Å². The highest BCUT2D eigenvalue weighted by Crippen LogP contribution is 2.28. The Bertz CT molecular complexity index is 875. The van der Waals surface area contributed by atoms with Gasteiger partial charge in [0.15, 0.2) is 0 Å². The fraction of sp³-hybridized carbons (Fsp3) is 0.545. The number of hydrogen-bond donors (Lipinski definition) is 4. The Kier molecular flexibility index (Phi) is 7.52. The first-order valence-electron chi connectivity index (χ1n) is 10.5. The van der Waals surface area contributed by atoms with Crippen molar-refractivity contribution in [3.63, 3.8) is 0 Å². The van der Waals surface area contributed by atoms with Crippen LogP contribution in [0, 0.1) is 6.92 Å². The summed E-state index contributed by atoms with van der Waals surface area (Å²) in [7, 11) is 0. The second kappa shape index (κ2) is 9.92. The number of carbonyl (C=O) groups excluding carboxylic acids is 1. The Labute approximate surface area is 182 Å². The quantitative estimate of drug-likeness (QED) is 0.500. The fourth-order valence-electron chi connectivity index (χ4n) is 3.95. The van der Waals surface area contributed by atoms with Gasteiger partial charge in [-0.1, -0.05) is 43.4 Å². The van der Waals surface area contributed by atoms with Crippen molar-refractivity contribution in [2.24, 2.45) is 5.73 Å². The van der Waals surface area contributed by atoms with Crippen molar-refractivity contribution in [3.8, 4) is 11.3 Å². The molecule has 1 aromatic carbocycles. The number of halogens is 1. The van der Waals surface area contributed by atoms with E-state index in [1.54, 1.807) is 16.8 Å². The fourth-order valence-corrected chi connectivity index (χ4v) is 4.16. The molecule has 5 N–H and O–H groups in total. The van der Waals surface area contributed by atoms with E-state index in [-0.39, 0.29) is 25.5 Å². The van der Waals surface area contributed by atoms with Gasteiger partial charge in [0.2, 0.25) is 0 Å². The number of aliphatic hydroxyl groups is 2. The van der Waals surface area contributed by atoms with Gasteiger partial charge in [0.25, 0.3) is 5.91 Å². The van der Waals surface area contributed by atoms with E-state index in [0.29, 0.717) is 23.4 Å². The lowest BCUT2D eigenvalue weighted by Gasteiger charge is -2.27. The van der Waals surface area contributed by atoms with Crippen LogP contribution in [0.4, 0.5) is 0 Å². The number of rotatable bonds is 7. The predicted molar refractivity (Wildman–Crippen MR) is 117 cm³/mol. The summed E-state index contributed by atoms with van der Waals surface area (Å²) in [6, 6.07) is 7.11. The van der Waals surface area contributed by atoms with Crippen molar-refractivity contribution in [3.05, 3.63) is 40.5 Å². The summed E-state index contributed by atoms with van der Waals surface area (Å²) >= 11 is 6.31. The largest absolute Gasteiger partial charge is 0.390 e. The molecule has 1 amide bonds. The number of aryl methyl sites for hydroxylation is 1. The maximum Gasteiger partial charge on any atom is 0.252 e. The van der Waals surface area contributed by atoms with E-state index in [9.17, 15) is 15.0 Å². The van der Waals surface area contributed by atoms with Gasteiger partial charge in [-0.15, -0.1) is 0 Å². The molecule has 1 atom stereocenters. The SMILES string of the molecule is Cc1cc(-c2ccc(Cl)c(C(=O)NCC3(O)CCCCCC3)c2)n(CC(O)CN)n1. The van der Waals surface area contributed by atoms with Gasteiger partial charge in [-0.05, 0) is 38.0 Å². The van der Waals surface area contributed by atoms with Crippen LogP contribution in [-0.2, 0) is 6.54 Å². The molecule has 164 valence electrons. The van der Waals surface area contributed by atoms with Crippen molar-refractivity contribution in [1.82, 2.24) is 15.1 Å². The van der Waals surface area contributed by atoms with Crippen LogP contribution in [0.15, 0.2) is 24.3 Å². The van der Waals surface area contributed by atoms with E-state index >= 15 is 0 Å². The summed E-state index contributed by atoms with van der Waals surface area (Å²) < 4.78 is 1.69. The Hall–Kier alpha value is -1.93. The normalized spacial score (nSPS) is 17.4. The molecule has 1 saturated carbocycles. The van der Waals surface area contributed by atoms with E-state index in [2.05, 4.69) is 10.4 Å². The number of nitrogens with one attached hydrogen (secondary N) is 1. The lowest BCUT2D eigenvalue weighted by molar-refractivity contribution is 0.0246. The first kappa shape index (κ1) is 22.7. The summed E-state index contributed by atoms with van der Waals surface area (Å²) in [4.78, 5) is 12.8. The second-order valence-electron chi connectivity index (χ2n) is 8.26. The average molecular weight is 435 g/mol. The highest BCUT2D eigenvalue weighted by atomic mass is 35.5. The maximum absolute atomic E-state index is 12.8. The molecule has 0 radical (unpaired) electrons. The minimum Gasteiger partial charge on any atom is -0.390 e. The van der Waals surface area contributed by atoms with Crippen LogP contribution in [0.25, 0.3) is 11.3 Å². The van der Waals surface area contributed by atoms with Crippen molar-refractivity contribution in [1.29, 1.82) is 0 Å². The van der Waals surface area contributed by atoms with E-state index < -0.39 is 11.7 Å². The zero-order valence-electron chi connectivity index (χ0n) is 17.4. The molecule has 2 aromatic rings. The molecule has 30 heavy (non-hydrogen) atoms. The molecule has 0 spiro atoms. The lowest BCUT2D eigenvalue weighted by atomic mass is 9.94. The summed E-state index contributed by atoms with van der Waals surface area (Å²) in [5.74, 6) is -0.315. The number of aromatic nitrogens is 2. The van der Waals surface area contributed by atoms with Gasteiger partial charge < -0.3 is 21.3 Å². The van der Waals surface area contributed by atoms with Crippen LogP contribution >= 0.6 is 11.6 Å². The molecule has 3 rings (SSSR count). The molecule has 0 bridgehead atoms. The zero-order chi connectivity index (χ0) is 21.7. The van der Waals surface area contributed by atoms with Gasteiger partial charge >= 0.3 is 0 Å².